The third-order valence-electron chi connectivity index (χ3n) is 4.94. The number of ether oxygens (including phenoxy) is 1. The number of rotatable bonds is 5. The summed E-state index contributed by atoms with van der Waals surface area (Å²) in [6, 6.07) is 3.46. The summed E-state index contributed by atoms with van der Waals surface area (Å²) in [5.74, 6) is -0.632. The van der Waals surface area contributed by atoms with Gasteiger partial charge in [0.15, 0.2) is 5.54 Å². The van der Waals surface area contributed by atoms with Gasteiger partial charge in [0.25, 0.3) is 5.91 Å². The van der Waals surface area contributed by atoms with Crippen molar-refractivity contribution >= 4 is 17.7 Å². The van der Waals surface area contributed by atoms with Gasteiger partial charge in [0.2, 0.25) is 0 Å². The summed E-state index contributed by atoms with van der Waals surface area (Å²) in [6.07, 6.45) is 4.89. The zero-order valence-electron chi connectivity index (χ0n) is 13.9. The Kier molecular flexibility index (Phi) is 4.71. The molecule has 24 heavy (non-hydrogen) atoms. The molecule has 0 radical (unpaired) electrons. The number of hydrogen-bond acceptors (Lipinski definition) is 5. The Balaban J connectivity index is 1.95. The second-order valence-electron chi connectivity index (χ2n) is 6.40. The van der Waals surface area contributed by atoms with Gasteiger partial charge in [-0.1, -0.05) is 0 Å². The molecule has 1 aromatic rings. The van der Waals surface area contributed by atoms with E-state index in [1.165, 1.54) is 12.0 Å². The second kappa shape index (κ2) is 6.76. The van der Waals surface area contributed by atoms with Crippen LogP contribution in [0.5, 0.6) is 0 Å². The average molecular weight is 333 g/mol. The average Bonchev–Trinajstić information content (AvgIpc) is 3.25. The molecule has 1 aromatic heterocycles. The van der Waals surface area contributed by atoms with Gasteiger partial charge in [0.05, 0.1) is 12.2 Å². The zero-order chi connectivity index (χ0) is 17.2. The van der Waals surface area contributed by atoms with Crippen LogP contribution in [0.3, 0.4) is 0 Å². The van der Waals surface area contributed by atoms with Crippen LogP contribution in [0.1, 0.15) is 36.0 Å². The Morgan fingerprint density at radius 2 is 2.04 bits per heavy atom. The van der Waals surface area contributed by atoms with Crippen molar-refractivity contribution < 1.29 is 19.4 Å². The molecule has 2 aliphatic heterocycles. The van der Waals surface area contributed by atoms with E-state index >= 15 is 0 Å². The van der Waals surface area contributed by atoms with Crippen LogP contribution in [0.4, 0.5) is 5.82 Å². The lowest BCUT2D eigenvalue weighted by molar-refractivity contribution is -0.151. The fourth-order valence-electron chi connectivity index (χ4n) is 3.74. The normalized spacial score (nSPS) is 23.7. The molecule has 1 atom stereocenters. The number of methoxy groups -OCH3 is 1. The van der Waals surface area contributed by atoms with Crippen molar-refractivity contribution in [1.82, 2.24) is 9.88 Å². The van der Waals surface area contributed by atoms with Crippen molar-refractivity contribution in [3.63, 3.8) is 0 Å². The first-order valence-electron chi connectivity index (χ1n) is 8.34. The van der Waals surface area contributed by atoms with Crippen molar-refractivity contribution in [1.29, 1.82) is 0 Å². The van der Waals surface area contributed by atoms with E-state index in [0.717, 1.165) is 25.9 Å². The molecule has 2 aliphatic rings. The summed E-state index contributed by atoms with van der Waals surface area (Å²) < 4.78 is 5.14. The highest BCUT2D eigenvalue weighted by atomic mass is 16.5. The molecule has 2 fully saturated rings. The molecule has 130 valence electrons. The van der Waals surface area contributed by atoms with Crippen molar-refractivity contribution in [3.05, 3.63) is 23.9 Å². The van der Waals surface area contributed by atoms with Crippen molar-refractivity contribution in [2.75, 3.05) is 38.3 Å². The molecule has 3 rings (SSSR count). The molecule has 0 aromatic carbocycles. The smallest absolute Gasteiger partial charge is 0.332 e. The Bertz CT molecular complexity index is 630. The van der Waals surface area contributed by atoms with E-state index < -0.39 is 11.5 Å². The third kappa shape index (κ3) is 2.73. The van der Waals surface area contributed by atoms with E-state index in [1.807, 2.05) is 0 Å². The molecule has 1 N–H and O–H groups in total. The molecule has 2 saturated heterocycles. The number of amides is 1. The van der Waals surface area contributed by atoms with Gasteiger partial charge in [0.1, 0.15) is 5.82 Å². The second-order valence-corrected chi connectivity index (χ2v) is 6.40. The molecule has 0 aliphatic carbocycles. The molecule has 0 saturated carbocycles. The minimum Gasteiger partial charge on any atom is -0.479 e. The number of nitrogens with zero attached hydrogens (tertiary/aromatic N) is 3. The summed E-state index contributed by atoms with van der Waals surface area (Å²) in [5, 5.41) is 9.74. The number of aliphatic carboxylic acids is 1. The van der Waals surface area contributed by atoms with Gasteiger partial charge in [-0.15, -0.1) is 0 Å². The van der Waals surface area contributed by atoms with Crippen LogP contribution >= 0.6 is 0 Å². The molecule has 1 amide bonds. The first kappa shape index (κ1) is 16.7. The van der Waals surface area contributed by atoms with Gasteiger partial charge >= 0.3 is 5.97 Å². The number of carbonyl (C=O) groups is 2. The van der Waals surface area contributed by atoms with Gasteiger partial charge in [0, 0.05) is 32.9 Å². The van der Waals surface area contributed by atoms with Crippen molar-refractivity contribution in [2.45, 2.75) is 31.2 Å². The maximum atomic E-state index is 13.2. The summed E-state index contributed by atoms with van der Waals surface area (Å²) in [7, 11) is 1.46. The number of likely N-dealkylation sites (tertiary alicyclic amines) is 1. The quantitative estimate of drug-likeness (QED) is 0.877. The number of aromatic nitrogens is 1. The van der Waals surface area contributed by atoms with Crippen LogP contribution in [0.15, 0.2) is 18.3 Å². The van der Waals surface area contributed by atoms with Crippen LogP contribution in [-0.4, -0.2) is 65.8 Å². The maximum Gasteiger partial charge on any atom is 0.332 e. The summed E-state index contributed by atoms with van der Waals surface area (Å²) in [6.45, 7) is 2.16. The molecule has 7 nitrogen and oxygen atoms in total. The SMILES string of the molecule is COCC1(C(=O)O)CCCN1C(=O)c1cccnc1N1CCCC1. The number of carboxylic acids is 1. The first-order chi connectivity index (χ1) is 11.6. The van der Waals surface area contributed by atoms with Crippen LogP contribution in [0.2, 0.25) is 0 Å². The Morgan fingerprint density at radius 3 is 2.71 bits per heavy atom. The summed E-state index contributed by atoms with van der Waals surface area (Å²) in [4.78, 5) is 33.0. The van der Waals surface area contributed by atoms with Crippen molar-refractivity contribution in [2.24, 2.45) is 0 Å². The molecule has 0 spiro atoms. The molecule has 3 heterocycles. The van der Waals surface area contributed by atoms with Crippen molar-refractivity contribution in [3.8, 4) is 0 Å². The molecule has 1 unspecified atom stereocenters. The Hall–Kier alpha value is -2.15. The first-order valence-corrected chi connectivity index (χ1v) is 8.34. The number of carboxylic acid groups (broad SMARTS) is 1. The highest BCUT2D eigenvalue weighted by Gasteiger charge is 2.50. The fraction of sp³-hybridized carbons (Fsp3) is 0.588. The van der Waals surface area contributed by atoms with E-state index in [-0.39, 0.29) is 12.5 Å². The maximum absolute atomic E-state index is 13.2. The third-order valence-corrected chi connectivity index (χ3v) is 4.94. The summed E-state index contributed by atoms with van der Waals surface area (Å²) >= 11 is 0. The van der Waals surface area contributed by atoms with Crippen LogP contribution in [-0.2, 0) is 9.53 Å². The number of carbonyl (C=O) groups excluding carboxylic acids is 1. The van der Waals surface area contributed by atoms with Crippen LogP contribution in [0, 0.1) is 0 Å². The van der Waals surface area contributed by atoms with Gasteiger partial charge in [-0.3, -0.25) is 4.79 Å². The van der Waals surface area contributed by atoms with E-state index in [4.69, 9.17) is 4.74 Å². The molecule has 7 heteroatoms. The van der Waals surface area contributed by atoms with E-state index in [1.54, 1.807) is 18.3 Å². The standard InChI is InChI=1S/C17H23N3O4/c1-24-12-17(16(22)23)7-5-11-20(17)15(21)13-6-4-8-18-14(13)19-9-2-3-10-19/h4,6,8H,2-3,5,7,9-12H2,1H3,(H,22,23). The topological polar surface area (TPSA) is 83.0 Å². The minimum atomic E-state index is -1.29. The summed E-state index contributed by atoms with van der Waals surface area (Å²) in [5.41, 5.74) is -0.813. The molecule has 0 bridgehead atoms. The lowest BCUT2D eigenvalue weighted by atomic mass is 9.96. The lowest BCUT2D eigenvalue weighted by Gasteiger charge is -2.34. The van der Waals surface area contributed by atoms with Gasteiger partial charge in [-0.05, 0) is 37.8 Å². The fourth-order valence-corrected chi connectivity index (χ4v) is 3.74. The Morgan fingerprint density at radius 1 is 1.29 bits per heavy atom. The van der Waals surface area contributed by atoms with Gasteiger partial charge in [-0.2, -0.15) is 0 Å². The number of anilines is 1. The molecular formula is C17H23N3O4. The highest BCUT2D eigenvalue weighted by Crippen LogP contribution is 2.33. The monoisotopic (exact) mass is 333 g/mol. The number of pyridine rings is 1. The van der Waals surface area contributed by atoms with Gasteiger partial charge < -0.3 is 19.6 Å². The lowest BCUT2D eigenvalue weighted by Crippen LogP contribution is -2.56. The van der Waals surface area contributed by atoms with E-state index in [2.05, 4.69) is 9.88 Å². The Labute approximate surface area is 141 Å². The van der Waals surface area contributed by atoms with Crippen LogP contribution in [0.25, 0.3) is 0 Å². The van der Waals surface area contributed by atoms with E-state index in [0.29, 0.717) is 30.8 Å². The predicted octanol–water partition coefficient (Wildman–Crippen LogP) is 1.39. The number of hydrogen-bond donors (Lipinski definition) is 1. The largest absolute Gasteiger partial charge is 0.479 e. The van der Waals surface area contributed by atoms with Crippen LogP contribution < -0.4 is 4.90 Å². The van der Waals surface area contributed by atoms with Gasteiger partial charge in [-0.25, -0.2) is 9.78 Å². The van der Waals surface area contributed by atoms with E-state index in [9.17, 15) is 14.7 Å². The zero-order valence-corrected chi connectivity index (χ0v) is 13.9. The predicted molar refractivity (Wildman–Crippen MR) is 88.2 cm³/mol. The minimum absolute atomic E-state index is 0.00656. The highest BCUT2D eigenvalue weighted by molar-refractivity contribution is 6.02. The molecular weight excluding hydrogens is 310 g/mol.